The minimum atomic E-state index is -3.84. The van der Waals surface area contributed by atoms with E-state index in [-0.39, 0.29) is 10.8 Å². The van der Waals surface area contributed by atoms with E-state index in [2.05, 4.69) is 10.0 Å². The molecular weight excluding hydrogens is 440 g/mol. The highest BCUT2D eigenvalue weighted by Gasteiger charge is 2.16. The molecule has 7 nitrogen and oxygen atoms in total. The second-order valence-electron chi connectivity index (χ2n) is 7.29. The topological polar surface area (TPSA) is 93.7 Å². The summed E-state index contributed by atoms with van der Waals surface area (Å²) in [6.07, 6.45) is 0. The molecule has 0 bridgehead atoms. The van der Waals surface area contributed by atoms with Crippen LogP contribution in [0.15, 0.2) is 89.8 Å². The van der Waals surface area contributed by atoms with E-state index in [0.717, 1.165) is 10.8 Å². The lowest BCUT2D eigenvalue weighted by molar-refractivity contribution is -0.114. The number of hydrogen-bond acceptors (Lipinski definition) is 5. The molecule has 0 radical (unpaired) electrons. The van der Waals surface area contributed by atoms with Crippen molar-refractivity contribution in [1.29, 1.82) is 0 Å². The highest BCUT2D eigenvalue weighted by atomic mass is 32.2. The first-order valence-corrected chi connectivity index (χ1v) is 11.6. The molecule has 4 aromatic rings. The van der Waals surface area contributed by atoms with Gasteiger partial charge in [-0.25, -0.2) is 8.42 Å². The van der Waals surface area contributed by atoms with Crippen molar-refractivity contribution >= 4 is 38.1 Å². The number of nitrogens with one attached hydrogen (secondary N) is 2. The number of benzene rings is 4. The van der Waals surface area contributed by atoms with E-state index in [0.29, 0.717) is 28.6 Å². The van der Waals surface area contributed by atoms with Gasteiger partial charge in [-0.2, -0.15) is 0 Å². The summed E-state index contributed by atoms with van der Waals surface area (Å²) in [6.45, 7) is 1.38. The molecule has 33 heavy (non-hydrogen) atoms. The van der Waals surface area contributed by atoms with E-state index in [9.17, 15) is 13.2 Å². The zero-order valence-electron chi connectivity index (χ0n) is 18.0. The Morgan fingerprint density at radius 3 is 2.18 bits per heavy atom. The fraction of sp³-hybridized carbons (Fsp3) is 0.0800. The maximum absolute atomic E-state index is 12.8. The van der Waals surface area contributed by atoms with Crippen molar-refractivity contribution in [2.75, 3.05) is 17.1 Å². The second kappa shape index (κ2) is 9.22. The predicted octanol–water partition coefficient (Wildman–Crippen LogP) is 5.40. The number of anilines is 2. The highest BCUT2D eigenvalue weighted by Crippen LogP contribution is 2.35. The third-order valence-corrected chi connectivity index (χ3v) is 6.25. The van der Waals surface area contributed by atoms with Crippen LogP contribution in [-0.2, 0) is 14.8 Å². The lowest BCUT2D eigenvalue weighted by atomic mass is 10.1. The summed E-state index contributed by atoms with van der Waals surface area (Å²) < 4.78 is 39.5. The number of sulfonamides is 1. The number of carbonyl (C=O) groups is 1. The van der Waals surface area contributed by atoms with Gasteiger partial charge in [0.15, 0.2) is 11.5 Å². The molecule has 0 aliphatic carbocycles. The van der Waals surface area contributed by atoms with Gasteiger partial charge in [-0.1, -0.05) is 30.3 Å². The summed E-state index contributed by atoms with van der Waals surface area (Å²) in [7, 11) is -2.35. The van der Waals surface area contributed by atoms with Gasteiger partial charge in [0.25, 0.3) is 10.0 Å². The lowest BCUT2D eigenvalue weighted by Crippen LogP contribution is -2.13. The first kappa shape index (κ1) is 22.2. The number of carbonyl (C=O) groups excluding carboxylic acids is 1. The normalized spacial score (nSPS) is 11.1. The van der Waals surface area contributed by atoms with E-state index in [1.165, 1.54) is 38.3 Å². The van der Waals surface area contributed by atoms with Crippen molar-refractivity contribution in [3.63, 3.8) is 0 Å². The van der Waals surface area contributed by atoms with Crippen LogP contribution in [0.4, 0.5) is 11.4 Å². The first-order valence-electron chi connectivity index (χ1n) is 10.1. The Morgan fingerprint density at radius 2 is 1.48 bits per heavy atom. The van der Waals surface area contributed by atoms with Crippen molar-refractivity contribution in [1.82, 2.24) is 0 Å². The molecule has 1 amide bonds. The Hall–Kier alpha value is -4.04. The van der Waals surface area contributed by atoms with Gasteiger partial charge in [-0.3, -0.25) is 9.52 Å². The number of hydrogen-bond donors (Lipinski definition) is 2. The SMILES string of the molecule is COc1cc(NS(=O)(=O)c2ccc(NC(C)=O)cc2)ccc1Oc1ccc2ccccc2c1. The van der Waals surface area contributed by atoms with Crippen LogP contribution < -0.4 is 19.5 Å². The Labute approximate surface area is 192 Å². The van der Waals surface area contributed by atoms with Gasteiger partial charge in [0.2, 0.25) is 5.91 Å². The van der Waals surface area contributed by atoms with Crippen LogP contribution in [0, 0.1) is 0 Å². The molecule has 0 fully saturated rings. The summed E-state index contributed by atoms with van der Waals surface area (Å²) in [5.74, 6) is 1.24. The van der Waals surface area contributed by atoms with E-state index in [1.54, 1.807) is 18.2 Å². The number of rotatable bonds is 7. The first-order chi connectivity index (χ1) is 15.8. The zero-order chi connectivity index (χ0) is 23.4. The molecule has 168 valence electrons. The van der Waals surface area contributed by atoms with E-state index >= 15 is 0 Å². The van der Waals surface area contributed by atoms with Crippen LogP contribution >= 0.6 is 0 Å². The van der Waals surface area contributed by atoms with Crippen molar-refractivity contribution in [2.24, 2.45) is 0 Å². The number of methoxy groups -OCH3 is 1. The van der Waals surface area contributed by atoms with Gasteiger partial charge in [-0.15, -0.1) is 0 Å². The van der Waals surface area contributed by atoms with Gasteiger partial charge >= 0.3 is 0 Å². The molecule has 0 spiro atoms. The molecule has 0 unspecified atom stereocenters. The molecule has 4 aromatic carbocycles. The van der Waals surface area contributed by atoms with Crippen molar-refractivity contribution in [3.05, 3.63) is 84.9 Å². The summed E-state index contributed by atoms with van der Waals surface area (Å²) in [4.78, 5) is 11.2. The molecule has 0 saturated carbocycles. The molecular formula is C25H22N2O5S. The Bertz CT molecular complexity index is 1420. The van der Waals surface area contributed by atoms with E-state index in [1.807, 2.05) is 42.5 Å². The number of fused-ring (bicyclic) bond motifs is 1. The quantitative estimate of drug-likeness (QED) is 0.384. The fourth-order valence-corrected chi connectivity index (χ4v) is 4.36. The van der Waals surface area contributed by atoms with Gasteiger partial charge in [0, 0.05) is 18.7 Å². The predicted molar refractivity (Wildman–Crippen MR) is 129 cm³/mol. The molecule has 0 saturated heterocycles. The van der Waals surface area contributed by atoms with Crippen LogP contribution in [0.3, 0.4) is 0 Å². The van der Waals surface area contributed by atoms with E-state index in [4.69, 9.17) is 9.47 Å². The zero-order valence-corrected chi connectivity index (χ0v) is 18.8. The minimum Gasteiger partial charge on any atom is -0.493 e. The molecule has 0 heterocycles. The van der Waals surface area contributed by atoms with E-state index < -0.39 is 10.0 Å². The average Bonchev–Trinajstić information content (AvgIpc) is 2.79. The van der Waals surface area contributed by atoms with Gasteiger partial charge in [0.1, 0.15) is 5.75 Å². The molecule has 0 atom stereocenters. The smallest absolute Gasteiger partial charge is 0.261 e. The lowest BCUT2D eigenvalue weighted by Gasteiger charge is -2.14. The monoisotopic (exact) mass is 462 g/mol. The van der Waals surface area contributed by atoms with Gasteiger partial charge in [0.05, 0.1) is 17.7 Å². The van der Waals surface area contributed by atoms with Crippen LogP contribution in [0.1, 0.15) is 6.92 Å². The van der Waals surface area contributed by atoms with Crippen LogP contribution in [-0.4, -0.2) is 21.4 Å². The fourth-order valence-electron chi connectivity index (χ4n) is 3.31. The summed E-state index contributed by atoms with van der Waals surface area (Å²) in [5, 5.41) is 4.75. The van der Waals surface area contributed by atoms with Gasteiger partial charge < -0.3 is 14.8 Å². The largest absolute Gasteiger partial charge is 0.493 e. The molecule has 4 rings (SSSR count). The Balaban J connectivity index is 1.53. The van der Waals surface area contributed by atoms with Crippen molar-refractivity contribution in [3.8, 4) is 17.2 Å². The average molecular weight is 463 g/mol. The molecule has 0 aliphatic heterocycles. The molecule has 2 N–H and O–H groups in total. The summed E-state index contributed by atoms with van der Waals surface area (Å²) in [5.41, 5.74) is 0.835. The van der Waals surface area contributed by atoms with Crippen molar-refractivity contribution < 1.29 is 22.7 Å². The standard InChI is InChI=1S/C25H22N2O5S/c1-17(28)26-20-8-12-23(13-9-20)33(29,30)27-21-10-14-24(25(16-21)31-2)32-22-11-7-18-5-3-4-6-19(18)15-22/h3-16,27H,1-2H3,(H,26,28). The summed E-state index contributed by atoms with van der Waals surface area (Å²) >= 11 is 0. The molecule has 8 heteroatoms. The van der Waals surface area contributed by atoms with Gasteiger partial charge in [-0.05, 0) is 59.3 Å². The van der Waals surface area contributed by atoms with Crippen LogP contribution in [0.5, 0.6) is 17.2 Å². The third kappa shape index (κ3) is 5.24. The van der Waals surface area contributed by atoms with Crippen molar-refractivity contribution in [2.45, 2.75) is 11.8 Å². The summed E-state index contributed by atoms with van der Waals surface area (Å²) in [6, 6.07) is 24.4. The minimum absolute atomic E-state index is 0.0621. The highest BCUT2D eigenvalue weighted by molar-refractivity contribution is 7.92. The number of amides is 1. The van der Waals surface area contributed by atoms with Crippen LogP contribution in [0.25, 0.3) is 10.8 Å². The Kier molecular flexibility index (Phi) is 6.19. The van der Waals surface area contributed by atoms with Crippen LogP contribution in [0.2, 0.25) is 0 Å². The second-order valence-corrected chi connectivity index (χ2v) is 8.97. The third-order valence-electron chi connectivity index (χ3n) is 4.85. The maximum Gasteiger partial charge on any atom is 0.261 e. The molecule has 0 aliphatic rings. The Morgan fingerprint density at radius 1 is 0.788 bits per heavy atom. The molecule has 0 aromatic heterocycles. The number of ether oxygens (including phenoxy) is 2. The maximum atomic E-state index is 12.8.